The van der Waals surface area contributed by atoms with Gasteiger partial charge in [-0.15, -0.1) is 0 Å². The van der Waals surface area contributed by atoms with Crippen molar-refractivity contribution >= 4 is 28.9 Å². The number of aliphatic hydroxyl groups excluding tert-OH is 2. The Morgan fingerprint density at radius 3 is 2.51 bits per heavy atom. The van der Waals surface area contributed by atoms with Crippen molar-refractivity contribution in [3.05, 3.63) is 88.9 Å². The number of amides is 1. The summed E-state index contributed by atoms with van der Waals surface area (Å²) < 4.78 is 34.9. The highest BCUT2D eigenvalue weighted by atomic mass is 35.5. The number of carbonyl (C=O) groups is 1. The molecule has 0 bridgehead atoms. The van der Waals surface area contributed by atoms with Gasteiger partial charge in [-0.1, -0.05) is 24.2 Å². The number of hydrogen-bond acceptors (Lipinski definition) is 6. The molecule has 0 saturated carbocycles. The highest BCUT2D eigenvalue weighted by molar-refractivity contribution is 6.31. The van der Waals surface area contributed by atoms with Crippen LogP contribution in [0.2, 0.25) is 0 Å². The van der Waals surface area contributed by atoms with Crippen LogP contribution in [0.5, 0.6) is 5.75 Å². The molecule has 184 valence electrons. The normalized spacial score (nSPS) is 11.7. The average molecular weight is 505 g/mol. The number of aliphatic hydroxyl groups is 2. The molecule has 8 nitrogen and oxygen atoms in total. The lowest BCUT2D eigenvalue weighted by Crippen LogP contribution is -2.59. The summed E-state index contributed by atoms with van der Waals surface area (Å²) in [5, 5.41) is 30.6. The van der Waals surface area contributed by atoms with Crippen LogP contribution in [0.25, 0.3) is 5.65 Å². The van der Waals surface area contributed by atoms with Crippen LogP contribution in [0.15, 0.2) is 60.3 Å². The lowest BCUT2D eigenvalue weighted by atomic mass is 9.94. The van der Waals surface area contributed by atoms with Crippen LogP contribution < -0.4 is 10.1 Å². The van der Waals surface area contributed by atoms with Crippen LogP contribution in [0.3, 0.4) is 0 Å². The van der Waals surface area contributed by atoms with Gasteiger partial charge in [0.05, 0.1) is 30.2 Å². The quantitative estimate of drug-likeness (QED) is 0.249. The molecule has 3 rings (SSSR count). The van der Waals surface area contributed by atoms with E-state index >= 15 is 0 Å². The Balaban J connectivity index is 1.93. The summed E-state index contributed by atoms with van der Waals surface area (Å²) in [6.07, 6.45) is 4.03. The van der Waals surface area contributed by atoms with Crippen molar-refractivity contribution in [3.8, 4) is 5.75 Å². The number of ether oxygens (including phenoxy) is 1. The fourth-order valence-corrected chi connectivity index (χ4v) is 3.40. The van der Waals surface area contributed by atoms with Gasteiger partial charge in [0.2, 0.25) is 0 Å². The molecule has 0 aliphatic heterocycles. The number of allylic oxidation sites excluding steroid dienone is 2. The minimum Gasteiger partial charge on any atom is -0.485 e. The maximum absolute atomic E-state index is 14.0. The number of fused-ring (bicyclic) bond motifs is 1. The lowest BCUT2D eigenvalue weighted by molar-refractivity contribution is 0.0813. The van der Waals surface area contributed by atoms with E-state index in [2.05, 4.69) is 16.9 Å². The number of benzene rings is 1. The first kappa shape index (κ1) is 26.0. The maximum Gasteiger partial charge on any atom is 0.271 e. The highest BCUT2D eigenvalue weighted by Gasteiger charge is 2.36. The van der Waals surface area contributed by atoms with Crippen molar-refractivity contribution < 1.29 is 28.5 Å². The second-order valence-corrected chi connectivity index (χ2v) is 8.13. The van der Waals surface area contributed by atoms with Crippen LogP contribution in [0, 0.1) is 24.0 Å². The van der Waals surface area contributed by atoms with Crippen molar-refractivity contribution in [3.63, 3.8) is 0 Å². The minimum atomic E-state index is -1.81. The summed E-state index contributed by atoms with van der Waals surface area (Å²) >= 11 is 5.67. The van der Waals surface area contributed by atoms with Crippen LogP contribution in [0.1, 0.15) is 21.7 Å². The van der Waals surface area contributed by atoms with Crippen molar-refractivity contribution in [2.45, 2.75) is 19.1 Å². The number of hydrogen-bond donors (Lipinski definition) is 4. The van der Waals surface area contributed by atoms with Gasteiger partial charge in [0.1, 0.15) is 29.5 Å². The van der Waals surface area contributed by atoms with Gasteiger partial charge in [-0.05, 0) is 43.3 Å². The van der Waals surface area contributed by atoms with Crippen molar-refractivity contribution in [2.75, 3.05) is 13.2 Å². The number of rotatable bonds is 10. The molecular weight excluding hydrogens is 482 g/mol. The number of nitrogens with zero attached hydrogens (tertiary/aromatic N) is 2. The Morgan fingerprint density at radius 2 is 1.91 bits per heavy atom. The van der Waals surface area contributed by atoms with E-state index in [-0.39, 0.29) is 39.1 Å². The molecule has 35 heavy (non-hydrogen) atoms. The van der Waals surface area contributed by atoms with E-state index in [1.807, 2.05) is 0 Å². The zero-order valence-corrected chi connectivity index (χ0v) is 19.4. The Morgan fingerprint density at radius 1 is 1.26 bits per heavy atom. The second-order valence-electron chi connectivity index (χ2n) is 7.65. The molecule has 11 heteroatoms. The molecule has 2 aromatic heterocycles. The standard InChI is InChI=1S/C24H23ClF2N4O4/c1-14(25)8-9-20(28)24(12-32,13-33)30-23(34)21-15(2)29-22-19(7-4-10-31(21)22)35-11-16-17(26)5-3-6-18(16)27/h3-10,28,32-33H,1,11-13H2,2H3,(H,30,34)/b9-8-,28-20?. The van der Waals surface area contributed by atoms with Crippen molar-refractivity contribution in [1.82, 2.24) is 14.7 Å². The molecule has 0 atom stereocenters. The monoisotopic (exact) mass is 504 g/mol. The van der Waals surface area contributed by atoms with E-state index < -0.39 is 42.9 Å². The number of aryl methyl sites for hydroxylation is 1. The number of pyridine rings is 1. The summed E-state index contributed by atoms with van der Waals surface area (Å²) in [7, 11) is 0. The molecule has 1 amide bonds. The highest BCUT2D eigenvalue weighted by Crippen LogP contribution is 2.24. The number of nitrogens with one attached hydrogen (secondary N) is 2. The summed E-state index contributed by atoms with van der Waals surface area (Å²) in [5.41, 5.74) is -1.84. The van der Waals surface area contributed by atoms with Gasteiger partial charge in [0.15, 0.2) is 11.4 Å². The van der Waals surface area contributed by atoms with Gasteiger partial charge in [0, 0.05) is 11.2 Å². The second kappa shape index (κ2) is 10.8. The van der Waals surface area contributed by atoms with E-state index in [1.165, 1.54) is 34.9 Å². The van der Waals surface area contributed by atoms with E-state index in [1.54, 1.807) is 13.0 Å². The number of halogens is 3. The Labute approximate surface area is 204 Å². The van der Waals surface area contributed by atoms with Gasteiger partial charge >= 0.3 is 0 Å². The Kier molecular flexibility index (Phi) is 8.00. The van der Waals surface area contributed by atoms with Gasteiger partial charge in [-0.25, -0.2) is 13.8 Å². The van der Waals surface area contributed by atoms with Gasteiger partial charge in [-0.3, -0.25) is 9.20 Å². The first-order valence-electron chi connectivity index (χ1n) is 10.3. The third-order valence-electron chi connectivity index (χ3n) is 5.28. The minimum absolute atomic E-state index is 0.0485. The Hall–Kier alpha value is -3.60. The van der Waals surface area contributed by atoms with Gasteiger partial charge in [-0.2, -0.15) is 0 Å². The van der Waals surface area contributed by atoms with Crippen molar-refractivity contribution in [2.24, 2.45) is 0 Å². The van der Waals surface area contributed by atoms with Crippen LogP contribution in [-0.2, 0) is 6.61 Å². The van der Waals surface area contributed by atoms with E-state index in [0.717, 1.165) is 12.1 Å². The largest absolute Gasteiger partial charge is 0.485 e. The van der Waals surface area contributed by atoms with Crippen LogP contribution >= 0.6 is 11.6 Å². The first-order chi connectivity index (χ1) is 16.6. The molecule has 4 N–H and O–H groups in total. The summed E-state index contributed by atoms with van der Waals surface area (Å²) in [4.78, 5) is 17.5. The summed E-state index contributed by atoms with van der Waals surface area (Å²) in [6, 6.07) is 6.58. The zero-order chi connectivity index (χ0) is 25.8. The molecule has 0 saturated heterocycles. The van der Waals surface area contributed by atoms with Crippen molar-refractivity contribution in [1.29, 1.82) is 5.41 Å². The molecule has 0 unspecified atom stereocenters. The fourth-order valence-electron chi connectivity index (χ4n) is 3.34. The fraction of sp³-hybridized carbons (Fsp3) is 0.208. The molecule has 0 spiro atoms. The van der Waals surface area contributed by atoms with E-state index in [4.69, 9.17) is 21.7 Å². The summed E-state index contributed by atoms with van der Waals surface area (Å²) in [5.74, 6) is -2.08. The maximum atomic E-state index is 14.0. The van der Waals surface area contributed by atoms with Crippen LogP contribution in [0.4, 0.5) is 8.78 Å². The van der Waals surface area contributed by atoms with E-state index in [9.17, 15) is 23.8 Å². The zero-order valence-electron chi connectivity index (χ0n) is 18.7. The third-order valence-corrected chi connectivity index (χ3v) is 5.40. The number of carbonyl (C=O) groups excluding carboxylic acids is 1. The van der Waals surface area contributed by atoms with Crippen LogP contribution in [-0.4, -0.2) is 50.0 Å². The SMILES string of the molecule is C=C(Cl)/C=C\C(=N)C(CO)(CO)NC(=O)c1c(C)nc2c(OCc3c(F)cccc3F)cccn12. The molecule has 3 aromatic rings. The topological polar surface area (TPSA) is 120 Å². The van der Waals surface area contributed by atoms with E-state index in [0.29, 0.717) is 0 Å². The molecule has 0 fully saturated rings. The van der Waals surface area contributed by atoms with Gasteiger partial charge < -0.3 is 25.7 Å². The van der Waals surface area contributed by atoms with Gasteiger partial charge in [0.25, 0.3) is 5.91 Å². The third kappa shape index (κ3) is 5.40. The first-order valence-corrected chi connectivity index (χ1v) is 10.7. The molecule has 2 heterocycles. The number of aromatic nitrogens is 2. The number of imidazole rings is 1. The average Bonchev–Trinajstić information content (AvgIpc) is 3.17. The predicted molar refractivity (Wildman–Crippen MR) is 127 cm³/mol. The molecule has 0 aliphatic rings. The smallest absolute Gasteiger partial charge is 0.271 e. The summed E-state index contributed by atoms with van der Waals surface area (Å²) in [6.45, 7) is 3.08. The molecule has 1 aromatic carbocycles. The molecular formula is C24H23ClF2N4O4. The molecule has 0 aliphatic carbocycles. The lowest BCUT2D eigenvalue weighted by Gasteiger charge is -2.30. The molecule has 0 radical (unpaired) electrons. The predicted octanol–water partition coefficient (Wildman–Crippen LogP) is 3.28. The Bertz CT molecular complexity index is 1300.